The van der Waals surface area contributed by atoms with Gasteiger partial charge in [-0.15, -0.1) is 5.73 Å². The predicted molar refractivity (Wildman–Crippen MR) is 121 cm³/mol. The summed E-state index contributed by atoms with van der Waals surface area (Å²) >= 11 is 0. The fourth-order valence-electron chi connectivity index (χ4n) is 7.87. The van der Waals surface area contributed by atoms with E-state index in [0.717, 1.165) is 25.7 Å². The Morgan fingerprint density at radius 2 is 1.94 bits per heavy atom. The van der Waals surface area contributed by atoms with Crippen LogP contribution in [0.25, 0.3) is 0 Å². The number of Topliss-reactive ketones (excluding diaryl/α,β-unsaturated/α-hetero) is 1. The van der Waals surface area contributed by atoms with E-state index in [1.807, 2.05) is 12.2 Å². The third kappa shape index (κ3) is 3.93. The first-order valence-corrected chi connectivity index (χ1v) is 12.1. The number of hydrogen-bond donors (Lipinski definition) is 0. The van der Waals surface area contributed by atoms with Crippen LogP contribution in [0.2, 0.25) is 0 Å². The van der Waals surface area contributed by atoms with Crippen molar-refractivity contribution in [2.75, 3.05) is 6.61 Å². The highest BCUT2D eigenvalue weighted by molar-refractivity contribution is 5.91. The number of hydrogen-bond acceptors (Lipinski definition) is 6. The van der Waals surface area contributed by atoms with Crippen molar-refractivity contribution < 1.29 is 28.7 Å². The van der Waals surface area contributed by atoms with Crippen LogP contribution in [0.4, 0.5) is 0 Å². The van der Waals surface area contributed by atoms with Crippen LogP contribution in [-0.4, -0.2) is 36.2 Å². The molecule has 0 bridgehead atoms. The normalized spacial score (nSPS) is 39.2. The van der Waals surface area contributed by atoms with Gasteiger partial charge in [-0.05, 0) is 67.9 Å². The van der Waals surface area contributed by atoms with Gasteiger partial charge in [-0.25, -0.2) is 0 Å². The zero-order chi connectivity index (χ0) is 24.0. The minimum Gasteiger partial charge on any atom is -0.462 e. The molecule has 3 saturated carbocycles. The van der Waals surface area contributed by atoms with E-state index in [0.29, 0.717) is 19.3 Å². The molecule has 0 spiro atoms. The number of carbonyl (C=O) groups is 4. The highest BCUT2D eigenvalue weighted by Crippen LogP contribution is 2.67. The molecule has 0 N–H and O–H groups in total. The SMILES string of the molecule is C=C=C[C@]12C[C@H](OC(C)=O)[C@H]3[C@@H](CCC4=CC(=O)CC[C@@]43C)[C@@H]1CC[C@@H]2C(=O)COC(C)=O. The van der Waals surface area contributed by atoms with E-state index in [9.17, 15) is 19.2 Å². The van der Waals surface area contributed by atoms with Crippen LogP contribution in [0.15, 0.2) is 30.0 Å². The largest absolute Gasteiger partial charge is 0.462 e. The standard InChI is InChI=1S/C27H34O6/c1-5-11-27-14-24(33-17(3)29)25-20(7-6-18-13-19(30)10-12-26(18,25)4)21(27)8-9-22(27)23(31)15-32-16(2)28/h11,13,20-22,24-25H,1,6-10,12,14-15H2,2-4H3/t20-,21-,22+,24-,25+,26-,27-/m0/s1. The maximum atomic E-state index is 13.2. The van der Waals surface area contributed by atoms with Crippen LogP contribution in [0.1, 0.15) is 65.7 Å². The first-order valence-electron chi connectivity index (χ1n) is 12.1. The molecular weight excluding hydrogens is 420 g/mol. The fraction of sp³-hybridized carbons (Fsp3) is 0.667. The van der Waals surface area contributed by atoms with Crippen molar-refractivity contribution in [3.8, 4) is 0 Å². The van der Waals surface area contributed by atoms with Gasteiger partial charge in [-0.3, -0.25) is 19.2 Å². The second kappa shape index (κ2) is 8.72. The summed E-state index contributed by atoms with van der Waals surface area (Å²) in [5.74, 6) is -0.449. The van der Waals surface area contributed by atoms with Crippen molar-refractivity contribution in [1.29, 1.82) is 0 Å². The molecule has 0 aromatic heterocycles. The molecule has 3 fully saturated rings. The van der Waals surface area contributed by atoms with Gasteiger partial charge in [0.1, 0.15) is 12.7 Å². The number of allylic oxidation sites excluding steroid dienone is 2. The summed E-state index contributed by atoms with van der Waals surface area (Å²) in [5, 5.41) is 0. The molecule has 0 heterocycles. The molecule has 0 aromatic carbocycles. The predicted octanol–water partition coefficient (Wildman–Crippen LogP) is 4.13. The van der Waals surface area contributed by atoms with E-state index < -0.39 is 11.4 Å². The van der Waals surface area contributed by atoms with Crippen LogP contribution in [-0.2, 0) is 28.7 Å². The minimum absolute atomic E-state index is 0.0925. The molecule has 0 radical (unpaired) electrons. The molecule has 33 heavy (non-hydrogen) atoms. The molecule has 4 rings (SSSR count). The number of rotatable bonds is 5. The zero-order valence-electron chi connectivity index (χ0n) is 19.9. The Morgan fingerprint density at radius 1 is 1.18 bits per heavy atom. The molecule has 0 amide bonds. The summed E-state index contributed by atoms with van der Waals surface area (Å²) in [5.41, 5.74) is 3.42. The third-order valence-corrected chi connectivity index (χ3v) is 8.98. The molecule has 6 heteroatoms. The molecule has 0 unspecified atom stereocenters. The maximum absolute atomic E-state index is 13.2. The first-order chi connectivity index (χ1) is 15.6. The highest BCUT2D eigenvalue weighted by atomic mass is 16.5. The van der Waals surface area contributed by atoms with Crippen LogP contribution < -0.4 is 0 Å². The van der Waals surface area contributed by atoms with E-state index in [1.54, 1.807) is 0 Å². The lowest BCUT2D eigenvalue weighted by atomic mass is 9.45. The monoisotopic (exact) mass is 454 g/mol. The minimum atomic E-state index is -0.525. The molecule has 7 atom stereocenters. The van der Waals surface area contributed by atoms with Gasteiger partial charge in [-0.1, -0.05) is 19.1 Å². The van der Waals surface area contributed by atoms with Crippen LogP contribution in [0.5, 0.6) is 0 Å². The Hall–Kier alpha value is -2.46. The number of esters is 2. The van der Waals surface area contributed by atoms with Crippen molar-refractivity contribution in [2.45, 2.75) is 71.8 Å². The lowest BCUT2D eigenvalue weighted by Gasteiger charge is -2.60. The molecule has 0 aliphatic heterocycles. The Balaban J connectivity index is 1.76. The van der Waals surface area contributed by atoms with Crippen molar-refractivity contribution >= 4 is 23.5 Å². The Bertz CT molecular complexity index is 956. The molecular formula is C27H34O6. The van der Waals surface area contributed by atoms with E-state index >= 15 is 0 Å². The average Bonchev–Trinajstić information content (AvgIpc) is 3.11. The van der Waals surface area contributed by atoms with E-state index in [2.05, 4.69) is 19.2 Å². The molecule has 4 aliphatic carbocycles. The Kier molecular flexibility index (Phi) is 6.26. The maximum Gasteiger partial charge on any atom is 0.303 e. The topological polar surface area (TPSA) is 86.7 Å². The van der Waals surface area contributed by atoms with Gasteiger partial charge in [0.2, 0.25) is 0 Å². The van der Waals surface area contributed by atoms with Gasteiger partial charge in [0.15, 0.2) is 11.6 Å². The second-order valence-corrected chi connectivity index (χ2v) is 10.6. The lowest BCUT2D eigenvalue weighted by Crippen LogP contribution is -2.58. The number of carbonyl (C=O) groups excluding carboxylic acids is 4. The quantitative estimate of drug-likeness (QED) is 0.459. The molecule has 0 aromatic rings. The zero-order valence-corrected chi connectivity index (χ0v) is 19.9. The average molecular weight is 455 g/mol. The third-order valence-electron chi connectivity index (χ3n) is 8.98. The Morgan fingerprint density at radius 3 is 2.61 bits per heavy atom. The van der Waals surface area contributed by atoms with Crippen LogP contribution in [0.3, 0.4) is 0 Å². The van der Waals surface area contributed by atoms with Gasteiger partial charge in [0.05, 0.1) is 0 Å². The summed E-state index contributed by atoms with van der Waals surface area (Å²) in [7, 11) is 0. The van der Waals surface area contributed by atoms with Gasteiger partial charge in [0.25, 0.3) is 0 Å². The van der Waals surface area contributed by atoms with Crippen LogP contribution >= 0.6 is 0 Å². The van der Waals surface area contributed by atoms with E-state index in [-0.39, 0.29) is 59.3 Å². The number of fused-ring (bicyclic) bond motifs is 5. The number of ether oxygens (including phenoxy) is 2. The molecule has 6 nitrogen and oxygen atoms in total. The van der Waals surface area contributed by atoms with Crippen LogP contribution in [0, 0.1) is 34.5 Å². The van der Waals surface area contributed by atoms with Crippen molar-refractivity contribution in [3.63, 3.8) is 0 Å². The van der Waals surface area contributed by atoms with Crippen molar-refractivity contribution in [3.05, 3.63) is 30.0 Å². The smallest absolute Gasteiger partial charge is 0.303 e. The van der Waals surface area contributed by atoms with Gasteiger partial charge < -0.3 is 9.47 Å². The fourth-order valence-corrected chi connectivity index (χ4v) is 7.87. The summed E-state index contributed by atoms with van der Waals surface area (Å²) < 4.78 is 11.0. The van der Waals surface area contributed by atoms with Crippen molar-refractivity contribution in [1.82, 2.24) is 0 Å². The highest BCUT2D eigenvalue weighted by Gasteiger charge is 2.65. The lowest BCUT2D eigenvalue weighted by molar-refractivity contribution is -0.173. The van der Waals surface area contributed by atoms with Crippen molar-refractivity contribution in [2.24, 2.45) is 34.5 Å². The summed E-state index contributed by atoms with van der Waals surface area (Å²) in [4.78, 5) is 48.9. The molecule has 178 valence electrons. The van der Waals surface area contributed by atoms with Gasteiger partial charge >= 0.3 is 11.9 Å². The Labute approximate surface area is 195 Å². The second-order valence-electron chi connectivity index (χ2n) is 10.6. The summed E-state index contributed by atoms with van der Waals surface area (Å²) in [6.07, 6.45) is 8.55. The van der Waals surface area contributed by atoms with E-state index in [4.69, 9.17) is 9.47 Å². The number of ketones is 2. The molecule has 4 aliphatic rings. The van der Waals surface area contributed by atoms with Gasteiger partial charge in [-0.2, -0.15) is 0 Å². The first kappa shape index (κ1) is 23.7. The van der Waals surface area contributed by atoms with Gasteiger partial charge in [0, 0.05) is 37.5 Å². The summed E-state index contributed by atoms with van der Waals surface area (Å²) in [6, 6.07) is 0. The molecule has 0 saturated heterocycles. The summed E-state index contributed by atoms with van der Waals surface area (Å²) in [6.45, 7) is 8.55. The van der Waals surface area contributed by atoms with E-state index in [1.165, 1.54) is 19.4 Å².